The normalized spacial score (nSPS) is 24.8. The van der Waals surface area contributed by atoms with Crippen molar-refractivity contribution in [3.05, 3.63) is 15.8 Å². The summed E-state index contributed by atoms with van der Waals surface area (Å²) in [4.78, 5) is 12.2. The first-order valence-corrected chi connectivity index (χ1v) is 9.68. The van der Waals surface area contributed by atoms with Crippen molar-refractivity contribution < 1.29 is 17.9 Å². The molecule has 3 rings (SSSR count). The van der Waals surface area contributed by atoms with Crippen LogP contribution < -0.4 is 5.32 Å². The number of esters is 1. The molecule has 2 unspecified atom stereocenters. The number of carbonyl (C=O) groups is 1. The topological polar surface area (TPSA) is 75.7 Å². The smallest absolute Gasteiger partial charge is 0.349 e. The van der Waals surface area contributed by atoms with E-state index in [9.17, 15) is 13.2 Å². The minimum Gasteiger partial charge on any atom is -0.465 e. The molecule has 0 aliphatic carbocycles. The van der Waals surface area contributed by atoms with Crippen molar-refractivity contribution in [2.75, 3.05) is 20.2 Å². The highest BCUT2D eigenvalue weighted by Gasteiger charge is 2.39. The Balaban J connectivity index is 0.00000192. The number of methoxy groups -OCH3 is 1. The first kappa shape index (κ1) is 18.7. The Labute approximate surface area is 146 Å². The molecule has 0 amide bonds. The van der Waals surface area contributed by atoms with Gasteiger partial charge in [0.25, 0.3) is 0 Å². The molecule has 2 atom stereocenters. The third-order valence-electron chi connectivity index (χ3n) is 4.31. The molecular weight excluding hydrogens is 360 g/mol. The van der Waals surface area contributed by atoms with Gasteiger partial charge < -0.3 is 10.1 Å². The van der Waals surface area contributed by atoms with Gasteiger partial charge in [0.1, 0.15) is 9.77 Å². The van der Waals surface area contributed by atoms with Crippen molar-refractivity contribution in [1.29, 1.82) is 0 Å². The highest BCUT2D eigenvalue weighted by atomic mass is 35.5. The average Bonchev–Trinajstić information content (AvgIpc) is 2.88. The number of aryl methyl sites for hydroxylation is 1. The van der Waals surface area contributed by atoms with Crippen molar-refractivity contribution in [2.45, 2.75) is 43.2 Å². The van der Waals surface area contributed by atoms with Gasteiger partial charge in [0, 0.05) is 25.2 Å². The van der Waals surface area contributed by atoms with Crippen LogP contribution in [0.25, 0.3) is 0 Å². The van der Waals surface area contributed by atoms with Gasteiger partial charge in [-0.15, -0.1) is 23.7 Å². The number of fused-ring (bicyclic) bond motifs is 2. The van der Waals surface area contributed by atoms with E-state index in [1.807, 2.05) is 0 Å². The maximum atomic E-state index is 13.0. The van der Waals surface area contributed by atoms with Gasteiger partial charge in [0.05, 0.1) is 7.11 Å². The molecule has 0 spiro atoms. The van der Waals surface area contributed by atoms with Crippen LogP contribution in [-0.4, -0.2) is 51.0 Å². The summed E-state index contributed by atoms with van der Waals surface area (Å²) in [7, 11) is -2.41. The van der Waals surface area contributed by atoms with Crippen LogP contribution in [0.2, 0.25) is 0 Å². The number of nitrogens with zero attached hydrogens (tertiary/aromatic N) is 1. The van der Waals surface area contributed by atoms with Crippen molar-refractivity contribution in [1.82, 2.24) is 9.62 Å². The molecule has 0 radical (unpaired) electrons. The van der Waals surface area contributed by atoms with Crippen molar-refractivity contribution in [3.63, 3.8) is 0 Å². The molecule has 2 aliphatic heterocycles. The number of piperazine rings is 1. The second-order valence-electron chi connectivity index (χ2n) is 5.88. The van der Waals surface area contributed by atoms with E-state index < -0.39 is 16.0 Å². The van der Waals surface area contributed by atoms with Gasteiger partial charge in [-0.2, -0.15) is 4.31 Å². The lowest BCUT2D eigenvalue weighted by molar-refractivity contribution is 0.0602. The van der Waals surface area contributed by atoms with Crippen LogP contribution in [0, 0.1) is 6.92 Å². The Kier molecular flexibility index (Phi) is 5.73. The van der Waals surface area contributed by atoms with Gasteiger partial charge >= 0.3 is 5.97 Å². The number of hydrogen-bond acceptors (Lipinski definition) is 6. The molecule has 2 aliphatic rings. The molecule has 6 nitrogen and oxygen atoms in total. The minimum absolute atomic E-state index is 0. The predicted octanol–water partition coefficient (Wildman–Crippen LogP) is 1.78. The standard InChI is InChI=1S/C14H20N2O4S2.ClH/c1-9-8-21-12(14(17)20-2)13(9)22(18,19)16-6-10-4-3-5-11(7-16)15-10;/h8,10-11,15H,3-7H2,1-2H3;1H. The van der Waals surface area contributed by atoms with Crippen LogP contribution in [0.4, 0.5) is 0 Å². The van der Waals surface area contributed by atoms with Crippen LogP contribution >= 0.6 is 23.7 Å². The fraction of sp³-hybridized carbons (Fsp3) is 0.643. The number of piperidine rings is 1. The fourth-order valence-corrected chi connectivity index (χ4v) is 6.47. The quantitative estimate of drug-likeness (QED) is 0.809. The first-order valence-electron chi connectivity index (χ1n) is 7.36. The maximum Gasteiger partial charge on any atom is 0.349 e. The largest absolute Gasteiger partial charge is 0.465 e. The third kappa shape index (κ3) is 3.41. The lowest BCUT2D eigenvalue weighted by Gasteiger charge is -2.41. The Morgan fingerprint density at radius 3 is 2.52 bits per heavy atom. The monoisotopic (exact) mass is 380 g/mol. The number of hydrogen-bond donors (Lipinski definition) is 1. The van der Waals surface area contributed by atoms with Crippen LogP contribution in [0.3, 0.4) is 0 Å². The predicted molar refractivity (Wildman–Crippen MR) is 91.0 cm³/mol. The van der Waals surface area contributed by atoms with Gasteiger partial charge in [-0.05, 0) is 30.7 Å². The number of sulfonamides is 1. The highest BCUT2D eigenvalue weighted by Crippen LogP contribution is 2.32. The van der Waals surface area contributed by atoms with E-state index in [2.05, 4.69) is 5.32 Å². The number of halogens is 1. The second kappa shape index (κ2) is 7.06. The van der Waals surface area contributed by atoms with E-state index in [-0.39, 0.29) is 34.3 Å². The molecule has 1 N–H and O–H groups in total. The molecule has 2 fully saturated rings. The van der Waals surface area contributed by atoms with E-state index in [0.29, 0.717) is 18.7 Å². The van der Waals surface area contributed by atoms with Crippen molar-refractivity contribution in [3.8, 4) is 0 Å². The van der Waals surface area contributed by atoms with Crippen LogP contribution in [-0.2, 0) is 14.8 Å². The summed E-state index contributed by atoms with van der Waals surface area (Å²) in [6.07, 6.45) is 3.13. The summed E-state index contributed by atoms with van der Waals surface area (Å²) < 4.78 is 32.3. The van der Waals surface area contributed by atoms with Gasteiger partial charge in [-0.1, -0.05) is 6.42 Å². The summed E-state index contributed by atoms with van der Waals surface area (Å²) in [5.41, 5.74) is 0.606. The van der Waals surface area contributed by atoms with Crippen LogP contribution in [0.5, 0.6) is 0 Å². The lowest BCUT2D eigenvalue weighted by Crippen LogP contribution is -2.59. The minimum atomic E-state index is -3.67. The summed E-state index contributed by atoms with van der Waals surface area (Å²) in [6, 6.07) is 0.422. The molecule has 9 heteroatoms. The SMILES string of the molecule is COC(=O)c1scc(C)c1S(=O)(=O)N1CC2CCCC(C1)N2.Cl. The summed E-state index contributed by atoms with van der Waals surface area (Å²) in [5.74, 6) is -0.591. The number of rotatable bonds is 3. The lowest BCUT2D eigenvalue weighted by atomic mass is 9.96. The van der Waals surface area contributed by atoms with Crippen LogP contribution in [0.1, 0.15) is 34.5 Å². The zero-order chi connectivity index (χ0) is 15.9. The number of carbonyl (C=O) groups excluding carboxylic acids is 1. The molecule has 3 heterocycles. The van der Waals surface area contributed by atoms with Gasteiger partial charge in [-0.25, -0.2) is 13.2 Å². The first-order chi connectivity index (χ1) is 10.4. The maximum absolute atomic E-state index is 13.0. The molecule has 23 heavy (non-hydrogen) atoms. The average molecular weight is 381 g/mol. The molecule has 2 bridgehead atoms. The van der Waals surface area contributed by atoms with E-state index >= 15 is 0 Å². The second-order valence-corrected chi connectivity index (χ2v) is 8.64. The summed E-state index contributed by atoms with van der Waals surface area (Å²) >= 11 is 1.13. The third-order valence-corrected chi connectivity index (χ3v) is 7.54. The molecule has 2 saturated heterocycles. The molecule has 0 aromatic carbocycles. The fourth-order valence-electron chi connectivity index (χ4n) is 3.28. The van der Waals surface area contributed by atoms with E-state index in [4.69, 9.17) is 4.74 Å². The summed E-state index contributed by atoms with van der Waals surface area (Å²) in [5, 5.41) is 5.16. The Morgan fingerprint density at radius 1 is 1.35 bits per heavy atom. The molecule has 0 saturated carbocycles. The van der Waals surface area contributed by atoms with Gasteiger partial charge in [0.15, 0.2) is 0 Å². The molecule has 1 aromatic rings. The van der Waals surface area contributed by atoms with Gasteiger partial charge in [-0.3, -0.25) is 0 Å². The Morgan fingerprint density at radius 2 is 1.96 bits per heavy atom. The van der Waals surface area contributed by atoms with Crippen molar-refractivity contribution in [2.24, 2.45) is 0 Å². The highest BCUT2D eigenvalue weighted by molar-refractivity contribution is 7.89. The molecule has 1 aromatic heterocycles. The molecular formula is C14H21ClN2O4S2. The zero-order valence-corrected chi connectivity index (χ0v) is 15.5. The molecule has 130 valence electrons. The Bertz CT molecular complexity index is 677. The van der Waals surface area contributed by atoms with Crippen LogP contribution in [0.15, 0.2) is 10.3 Å². The van der Waals surface area contributed by atoms with Crippen molar-refractivity contribution >= 4 is 39.7 Å². The van der Waals surface area contributed by atoms with Gasteiger partial charge in [0.2, 0.25) is 10.0 Å². The number of ether oxygens (including phenoxy) is 1. The van der Waals surface area contributed by atoms with E-state index in [1.54, 1.807) is 12.3 Å². The van der Waals surface area contributed by atoms with E-state index in [0.717, 1.165) is 30.6 Å². The number of nitrogens with one attached hydrogen (secondary N) is 1. The number of thiophene rings is 1. The Hall–Kier alpha value is -0.670. The van der Waals surface area contributed by atoms with E-state index in [1.165, 1.54) is 11.4 Å². The summed E-state index contributed by atoms with van der Waals surface area (Å²) in [6.45, 7) is 2.66. The zero-order valence-electron chi connectivity index (χ0n) is 13.1.